The summed E-state index contributed by atoms with van der Waals surface area (Å²) in [6, 6.07) is 13.8. The summed E-state index contributed by atoms with van der Waals surface area (Å²) in [4.78, 5) is 0. The van der Waals surface area contributed by atoms with Crippen LogP contribution < -0.4 is 10.1 Å². The van der Waals surface area contributed by atoms with Crippen molar-refractivity contribution >= 4 is 27.5 Å². The molecule has 0 saturated carbocycles. The third kappa shape index (κ3) is 4.96. The van der Waals surface area contributed by atoms with Gasteiger partial charge < -0.3 is 14.8 Å². The minimum Gasteiger partial charge on any atom is -0.489 e. The summed E-state index contributed by atoms with van der Waals surface area (Å²) >= 11 is 9.73. The number of nitrogens with one attached hydrogen (secondary N) is 1. The van der Waals surface area contributed by atoms with Gasteiger partial charge in [0.25, 0.3) is 0 Å². The van der Waals surface area contributed by atoms with Gasteiger partial charge in [0.2, 0.25) is 0 Å². The SMILES string of the molecule is Clc1ccccc1COc1ccc(Br)cc1CNCC1CCCO1. The molecule has 0 aromatic heterocycles. The first-order chi connectivity index (χ1) is 11.7. The molecular formula is C19H21BrClNO2. The van der Waals surface area contributed by atoms with E-state index in [0.717, 1.165) is 58.9 Å². The summed E-state index contributed by atoms with van der Waals surface area (Å²) in [5.74, 6) is 0.873. The van der Waals surface area contributed by atoms with Crippen molar-refractivity contribution in [2.45, 2.75) is 32.1 Å². The van der Waals surface area contributed by atoms with Gasteiger partial charge in [-0.05, 0) is 37.1 Å². The third-order valence-electron chi connectivity index (χ3n) is 4.07. The number of hydrogen-bond acceptors (Lipinski definition) is 3. The second-order valence-corrected chi connectivity index (χ2v) is 7.22. The molecule has 5 heteroatoms. The van der Waals surface area contributed by atoms with Crippen LogP contribution in [0, 0.1) is 0 Å². The molecule has 0 amide bonds. The summed E-state index contributed by atoms with van der Waals surface area (Å²) < 4.78 is 12.7. The predicted molar refractivity (Wildman–Crippen MR) is 101 cm³/mol. The van der Waals surface area contributed by atoms with E-state index in [2.05, 4.69) is 27.3 Å². The molecule has 0 spiro atoms. The molecule has 2 aromatic carbocycles. The molecule has 1 saturated heterocycles. The Kier molecular flexibility index (Phi) is 6.55. The summed E-state index contributed by atoms with van der Waals surface area (Å²) in [6.07, 6.45) is 2.64. The topological polar surface area (TPSA) is 30.5 Å². The molecule has 1 heterocycles. The van der Waals surface area contributed by atoms with E-state index in [1.165, 1.54) is 0 Å². The van der Waals surface area contributed by atoms with E-state index in [1.54, 1.807) is 0 Å². The molecule has 0 aliphatic carbocycles. The van der Waals surface area contributed by atoms with Crippen molar-refractivity contribution in [3.63, 3.8) is 0 Å². The second-order valence-electron chi connectivity index (χ2n) is 5.90. The zero-order chi connectivity index (χ0) is 16.8. The lowest BCUT2D eigenvalue weighted by atomic mass is 10.2. The van der Waals surface area contributed by atoms with E-state index in [0.29, 0.717) is 12.7 Å². The van der Waals surface area contributed by atoms with Crippen LogP contribution in [-0.4, -0.2) is 19.3 Å². The van der Waals surface area contributed by atoms with Crippen molar-refractivity contribution < 1.29 is 9.47 Å². The highest BCUT2D eigenvalue weighted by Crippen LogP contribution is 2.25. The molecule has 1 aliphatic heterocycles. The fourth-order valence-electron chi connectivity index (χ4n) is 2.77. The third-order valence-corrected chi connectivity index (χ3v) is 4.94. The Morgan fingerprint density at radius 3 is 2.88 bits per heavy atom. The van der Waals surface area contributed by atoms with Gasteiger partial charge in [-0.15, -0.1) is 0 Å². The summed E-state index contributed by atoms with van der Waals surface area (Å²) in [5, 5.41) is 4.20. The van der Waals surface area contributed by atoms with Crippen LogP contribution in [0.1, 0.15) is 24.0 Å². The number of halogens is 2. The quantitative estimate of drug-likeness (QED) is 0.700. The van der Waals surface area contributed by atoms with Gasteiger partial charge in [-0.1, -0.05) is 45.7 Å². The first kappa shape index (κ1) is 17.7. The van der Waals surface area contributed by atoms with Crippen LogP contribution in [0.4, 0.5) is 0 Å². The monoisotopic (exact) mass is 409 g/mol. The number of rotatable bonds is 7. The van der Waals surface area contributed by atoms with Crippen molar-refractivity contribution in [2.24, 2.45) is 0 Å². The van der Waals surface area contributed by atoms with E-state index in [1.807, 2.05) is 36.4 Å². The van der Waals surface area contributed by atoms with Crippen molar-refractivity contribution in [3.8, 4) is 5.75 Å². The molecular weight excluding hydrogens is 390 g/mol. The number of hydrogen-bond donors (Lipinski definition) is 1. The highest BCUT2D eigenvalue weighted by molar-refractivity contribution is 9.10. The van der Waals surface area contributed by atoms with Crippen LogP contribution in [0.3, 0.4) is 0 Å². The zero-order valence-corrected chi connectivity index (χ0v) is 15.8. The summed E-state index contributed by atoms with van der Waals surface area (Å²) in [5.41, 5.74) is 2.11. The minimum absolute atomic E-state index is 0.338. The molecule has 2 aromatic rings. The maximum Gasteiger partial charge on any atom is 0.124 e. The molecule has 3 rings (SSSR count). The Morgan fingerprint density at radius 2 is 2.08 bits per heavy atom. The van der Waals surface area contributed by atoms with Crippen molar-refractivity contribution in [3.05, 3.63) is 63.1 Å². The Labute approximate surface area is 156 Å². The molecule has 1 aliphatic rings. The van der Waals surface area contributed by atoms with E-state index in [-0.39, 0.29) is 0 Å². The van der Waals surface area contributed by atoms with Crippen LogP contribution >= 0.6 is 27.5 Å². The highest BCUT2D eigenvalue weighted by Gasteiger charge is 2.15. The first-order valence-corrected chi connectivity index (χ1v) is 9.36. The lowest BCUT2D eigenvalue weighted by molar-refractivity contribution is 0.110. The fourth-order valence-corrected chi connectivity index (χ4v) is 3.37. The lowest BCUT2D eigenvalue weighted by Gasteiger charge is -2.15. The van der Waals surface area contributed by atoms with Crippen molar-refractivity contribution in [1.82, 2.24) is 5.32 Å². The van der Waals surface area contributed by atoms with Crippen LogP contribution in [0.2, 0.25) is 5.02 Å². The van der Waals surface area contributed by atoms with Crippen LogP contribution in [0.25, 0.3) is 0 Å². The second kappa shape index (κ2) is 8.86. The van der Waals surface area contributed by atoms with E-state index >= 15 is 0 Å². The lowest BCUT2D eigenvalue weighted by Crippen LogP contribution is -2.26. The molecule has 0 bridgehead atoms. The predicted octanol–water partition coefficient (Wildman–Crippen LogP) is 4.95. The Bertz CT molecular complexity index is 674. The first-order valence-electron chi connectivity index (χ1n) is 8.19. The molecule has 3 nitrogen and oxygen atoms in total. The standard InChI is InChI=1S/C19H21BrClNO2/c20-16-7-8-19(24-13-14-4-1-2-6-18(14)21)15(10-16)11-22-12-17-5-3-9-23-17/h1-2,4,6-8,10,17,22H,3,5,9,11-13H2. The van der Waals surface area contributed by atoms with Gasteiger partial charge in [-0.25, -0.2) is 0 Å². The molecule has 1 N–H and O–H groups in total. The maximum atomic E-state index is 6.20. The smallest absolute Gasteiger partial charge is 0.124 e. The van der Waals surface area contributed by atoms with E-state index in [4.69, 9.17) is 21.1 Å². The molecule has 128 valence electrons. The van der Waals surface area contributed by atoms with Crippen LogP contribution in [-0.2, 0) is 17.9 Å². The Hall–Kier alpha value is -1.07. The largest absolute Gasteiger partial charge is 0.489 e. The fraction of sp³-hybridized carbons (Fsp3) is 0.368. The van der Waals surface area contributed by atoms with Crippen molar-refractivity contribution in [1.29, 1.82) is 0 Å². The Morgan fingerprint density at radius 1 is 1.21 bits per heavy atom. The van der Waals surface area contributed by atoms with Gasteiger partial charge in [0.05, 0.1) is 6.10 Å². The average molecular weight is 411 g/mol. The van der Waals surface area contributed by atoms with Crippen LogP contribution in [0.5, 0.6) is 5.75 Å². The zero-order valence-electron chi connectivity index (χ0n) is 13.4. The summed E-state index contributed by atoms with van der Waals surface area (Å²) in [6.45, 7) is 2.96. The highest BCUT2D eigenvalue weighted by atomic mass is 79.9. The summed E-state index contributed by atoms with van der Waals surface area (Å²) in [7, 11) is 0. The van der Waals surface area contributed by atoms with Gasteiger partial charge in [-0.3, -0.25) is 0 Å². The molecule has 24 heavy (non-hydrogen) atoms. The normalized spacial score (nSPS) is 17.2. The van der Waals surface area contributed by atoms with E-state index < -0.39 is 0 Å². The van der Waals surface area contributed by atoms with E-state index in [9.17, 15) is 0 Å². The minimum atomic E-state index is 0.338. The molecule has 1 atom stereocenters. The van der Waals surface area contributed by atoms with Gasteiger partial charge in [0, 0.05) is 40.3 Å². The van der Waals surface area contributed by atoms with Gasteiger partial charge >= 0.3 is 0 Å². The number of benzene rings is 2. The Balaban J connectivity index is 1.60. The van der Waals surface area contributed by atoms with Gasteiger partial charge in [0.15, 0.2) is 0 Å². The maximum absolute atomic E-state index is 6.20. The molecule has 1 fully saturated rings. The number of ether oxygens (including phenoxy) is 2. The van der Waals surface area contributed by atoms with Crippen LogP contribution in [0.15, 0.2) is 46.9 Å². The van der Waals surface area contributed by atoms with Crippen molar-refractivity contribution in [2.75, 3.05) is 13.2 Å². The van der Waals surface area contributed by atoms with Gasteiger partial charge in [0.1, 0.15) is 12.4 Å². The van der Waals surface area contributed by atoms with Gasteiger partial charge in [-0.2, -0.15) is 0 Å². The molecule has 0 radical (unpaired) electrons. The average Bonchev–Trinajstić information content (AvgIpc) is 3.09. The molecule has 1 unspecified atom stereocenters.